The molecular weight excluding hydrogens is 348 g/mol. The number of nitrogens with one attached hydrogen (secondary N) is 2. The summed E-state index contributed by atoms with van der Waals surface area (Å²) in [4.78, 5) is 26.4. The Morgan fingerprint density at radius 2 is 2.00 bits per heavy atom. The fourth-order valence-electron chi connectivity index (χ4n) is 2.77. The Kier molecular flexibility index (Phi) is 7.65. The molecular formula is C19H32N4O4. The summed E-state index contributed by atoms with van der Waals surface area (Å²) in [5.74, 6) is -0.230. The number of aromatic amines is 1. The lowest BCUT2D eigenvalue weighted by Crippen LogP contribution is -2.40. The Balaban J connectivity index is 1.85. The smallest absolute Gasteiger partial charge is 0.410 e. The first-order valence-corrected chi connectivity index (χ1v) is 9.71. The Labute approximate surface area is 161 Å². The van der Waals surface area contributed by atoms with Crippen molar-refractivity contribution in [2.75, 3.05) is 26.3 Å². The summed E-state index contributed by atoms with van der Waals surface area (Å²) >= 11 is 0. The molecule has 152 valence electrons. The van der Waals surface area contributed by atoms with Gasteiger partial charge in [0.1, 0.15) is 5.60 Å². The average Bonchev–Trinajstić information content (AvgIpc) is 3.02. The maximum Gasteiger partial charge on any atom is 0.410 e. The van der Waals surface area contributed by atoms with Crippen molar-refractivity contribution in [1.29, 1.82) is 0 Å². The highest BCUT2D eigenvalue weighted by Gasteiger charge is 2.30. The van der Waals surface area contributed by atoms with Crippen molar-refractivity contribution in [2.45, 2.75) is 65.5 Å². The summed E-state index contributed by atoms with van der Waals surface area (Å²) in [6.45, 7) is 10.4. The minimum absolute atomic E-state index is 0.230. The number of H-pyrrole nitrogens is 1. The van der Waals surface area contributed by atoms with Gasteiger partial charge in [0.25, 0.3) is 5.91 Å². The molecule has 0 fully saturated rings. The normalized spacial score (nSPS) is 14.0. The van der Waals surface area contributed by atoms with E-state index in [2.05, 4.69) is 22.4 Å². The first-order valence-electron chi connectivity index (χ1n) is 9.71. The molecule has 0 aromatic carbocycles. The Hall–Kier alpha value is -2.09. The van der Waals surface area contributed by atoms with Crippen LogP contribution >= 0.6 is 0 Å². The molecule has 8 nitrogen and oxygen atoms in total. The number of amides is 2. The minimum Gasteiger partial charge on any atom is -0.444 e. The van der Waals surface area contributed by atoms with Crippen LogP contribution in [0.3, 0.4) is 0 Å². The number of hydrogen-bond acceptors (Lipinski definition) is 5. The standard InChI is InChI=1S/C19H32N4O4/c1-5-6-11-26-12-7-9-20-17(24)16-14-13-23(10-8-15(14)21-22-16)18(25)27-19(2,3)4/h5-13H2,1-4H3,(H,20,24)(H,21,22). The molecule has 2 amide bonds. The SMILES string of the molecule is CCCCOCCCNC(=O)c1n[nH]c2c1CN(C(=O)OC(C)(C)C)CC2. The molecule has 8 heteroatoms. The highest BCUT2D eigenvalue weighted by molar-refractivity contribution is 5.94. The number of fused-ring (bicyclic) bond motifs is 1. The third-order valence-corrected chi connectivity index (χ3v) is 4.19. The van der Waals surface area contributed by atoms with Crippen molar-refractivity contribution in [1.82, 2.24) is 20.4 Å². The van der Waals surface area contributed by atoms with Crippen molar-refractivity contribution in [3.8, 4) is 0 Å². The quantitative estimate of drug-likeness (QED) is 0.676. The molecule has 1 aromatic heterocycles. The van der Waals surface area contributed by atoms with Crippen molar-refractivity contribution in [2.24, 2.45) is 0 Å². The molecule has 1 aliphatic rings. The molecule has 2 heterocycles. The van der Waals surface area contributed by atoms with Crippen LogP contribution in [0, 0.1) is 0 Å². The number of carbonyl (C=O) groups excluding carboxylic acids is 2. The van der Waals surface area contributed by atoms with Crippen molar-refractivity contribution in [3.63, 3.8) is 0 Å². The molecule has 2 N–H and O–H groups in total. The summed E-state index contributed by atoms with van der Waals surface area (Å²) < 4.78 is 10.9. The lowest BCUT2D eigenvalue weighted by atomic mass is 10.1. The first kappa shape index (κ1) is 21.2. The van der Waals surface area contributed by atoms with Gasteiger partial charge in [0, 0.05) is 44.0 Å². The molecule has 2 rings (SSSR count). The van der Waals surface area contributed by atoms with Crippen LogP contribution < -0.4 is 5.32 Å². The van der Waals surface area contributed by atoms with Crippen LogP contribution in [0.1, 0.15) is 68.7 Å². The molecule has 0 aliphatic carbocycles. The molecule has 0 saturated carbocycles. The van der Waals surface area contributed by atoms with Crippen LogP contribution in [0.4, 0.5) is 4.79 Å². The monoisotopic (exact) mass is 380 g/mol. The van der Waals surface area contributed by atoms with E-state index in [1.165, 1.54) is 0 Å². The second-order valence-electron chi connectivity index (χ2n) is 7.76. The van der Waals surface area contributed by atoms with Crippen molar-refractivity contribution < 1.29 is 19.1 Å². The Bertz CT molecular complexity index is 636. The second-order valence-corrected chi connectivity index (χ2v) is 7.76. The summed E-state index contributed by atoms with van der Waals surface area (Å²) in [6.07, 6.45) is 3.18. The zero-order chi connectivity index (χ0) is 19.9. The predicted molar refractivity (Wildman–Crippen MR) is 102 cm³/mol. The highest BCUT2D eigenvalue weighted by atomic mass is 16.6. The fraction of sp³-hybridized carbons (Fsp3) is 0.737. The largest absolute Gasteiger partial charge is 0.444 e. The van der Waals surface area contributed by atoms with Gasteiger partial charge in [0.05, 0.1) is 6.54 Å². The van der Waals surface area contributed by atoms with E-state index in [0.29, 0.717) is 38.4 Å². The number of nitrogens with zero attached hydrogens (tertiary/aromatic N) is 2. The van der Waals surface area contributed by atoms with E-state index in [0.717, 1.165) is 37.1 Å². The van der Waals surface area contributed by atoms with Gasteiger partial charge in [0.15, 0.2) is 5.69 Å². The van der Waals surface area contributed by atoms with Gasteiger partial charge in [-0.3, -0.25) is 9.89 Å². The van der Waals surface area contributed by atoms with Crippen molar-refractivity contribution in [3.05, 3.63) is 17.0 Å². The van der Waals surface area contributed by atoms with E-state index in [-0.39, 0.29) is 12.0 Å². The van der Waals surface area contributed by atoms with Gasteiger partial charge in [-0.05, 0) is 33.6 Å². The molecule has 0 spiro atoms. The van der Waals surface area contributed by atoms with E-state index in [1.807, 2.05) is 20.8 Å². The predicted octanol–water partition coefficient (Wildman–Crippen LogP) is 2.64. The number of ether oxygens (including phenoxy) is 2. The molecule has 0 atom stereocenters. The van der Waals surface area contributed by atoms with E-state index in [1.54, 1.807) is 4.90 Å². The maximum atomic E-state index is 12.4. The molecule has 27 heavy (non-hydrogen) atoms. The van der Waals surface area contributed by atoms with E-state index in [9.17, 15) is 9.59 Å². The lowest BCUT2D eigenvalue weighted by Gasteiger charge is -2.30. The molecule has 0 radical (unpaired) electrons. The second kappa shape index (κ2) is 9.73. The number of aromatic nitrogens is 2. The highest BCUT2D eigenvalue weighted by Crippen LogP contribution is 2.22. The van der Waals surface area contributed by atoms with E-state index < -0.39 is 5.60 Å². The zero-order valence-electron chi connectivity index (χ0n) is 16.9. The van der Waals surface area contributed by atoms with Crippen LogP contribution in [-0.4, -0.2) is 59.0 Å². The number of rotatable bonds is 8. The summed E-state index contributed by atoms with van der Waals surface area (Å²) in [5.41, 5.74) is 1.48. The minimum atomic E-state index is -0.548. The Morgan fingerprint density at radius 1 is 1.26 bits per heavy atom. The van der Waals surface area contributed by atoms with E-state index in [4.69, 9.17) is 9.47 Å². The number of carbonyl (C=O) groups is 2. The Morgan fingerprint density at radius 3 is 2.70 bits per heavy atom. The number of unbranched alkanes of at least 4 members (excludes halogenated alkanes) is 1. The topological polar surface area (TPSA) is 96.5 Å². The van der Waals surface area contributed by atoms with Gasteiger partial charge in [-0.2, -0.15) is 5.10 Å². The summed E-state index contributed by atoms with van der Waals surface area (Å²) in [6, 6.07) is 0. The van der Waals surface area contributed by atoms with Gasteiger partial charge < -0.3 is 19.7 Å². The summed E-state index contributed by atoms with van der Waals surface area (Å²) in [5, 5.41) is 9.96. The van der Waals surface area contributed by atoms with Crippen LogP contribution in [0.5, 0.6) is 0 Å². The van der Waals surface area contributed by atoms with Crippen molar-refractivity contribution >= 4 is 12.0 Å². The van der Waals surface area contributed by atoms with Gasteiger partial charge in [-0.1, -0.05) is 13.3 Å². The van der Waals surface area contributed by atoms with Gasteiger partial charge in [-0.15, -0.1) is 0 Å². The van der Waals surface area contributed by atoms with Crippen LogP contribution in [0.25, 0.3) is 0 Å². The van der Waals surface area contributed by atoms with Gasteiger partial charge >= 0.3 is 6.09 Å². The maximum absolute atomic E-state index is 12.4. The van der Waals surface area contributed by atoms with Crippen LogP contribution in [-0.2, 0) is 22.4 Å². The first-order chi connectivity index (χ1) is 12.8. The fourth-order valence-corrected chi connectivity index (χ4v) is 2.77. The van der Waals surface area contributed by atoms with Gasteiger partial charge in [-0.25, -0.2) is 4.79 Å². The third kappa shape index (κ3) is 6.53. The zero-order valence-corrected chi connectivity index (χ0v) is 16.9. The molecule has 0 unspecified atom stereocenters. The van der Waals surface area contributed by atoms with Crippen LogP contribution in [0.15, 0.2) is 0 Å². The van der Waals surface area contributed by atoms with E-state index >= 15 is 0 Å². The molecule has 0 saturated heterocycles. The summed E-state index contributed by atoms with van der Waals surface area (Å²) in [7, 11) is 0. The molecule has 1 aliphatic heterocycles. The van der Waals surface area contributed by atoms with Crippen LogP contribution in [0.2, 0.25) is 0 Å². The lowest BCUT2D eigenvalue weighted by molar-refractivity contribution is 0.0222. The average molecular weight is 380 g/mol. The molecule has 0 bridgehead atoms. The third-order valence-electron chi connectivity index (χ3n) is 4.19. The number of hydrogen-bond donors (Lipinski definition) is 2. The van der Waals surface area contributed by atoms with Gasteiger partial charge in [0.2, 0.25) is 0 Å². The molecule has 1 aromatic rings.